The minimum Gasteiger partial charge on any atom is -0.314 e. The molecule has 1 fully saturated rings. The number of thiophene rings is 1. The zero-order valence-electron chi connectivity index (χ0n) is 11.4. The minimum absolute atomic E-state index is 0. The lowest BCUT2D eigenvalue weighted by Crippen LogP contribution is -2.45. The van der Waals surface area contributed by atoms with Crippen molar-refractivity contribution in [1.29, 1.82) is 0 Å². The van der Waals surface area contributed by atoms with Crippen LogP contribution in [0.15, 0.2) is 35.0 Å². The Hall–Kier alpha value is -0.650. The first-order valence-corrected chi connectivity index (χ1v) is 7.99. The Bertz CT molecular complexity index is 571. The highest BCUT2D eigenvalue weighted by molar-refractivity contribution is 7.08. The Morgan fingerprint density at radius 3 is 2.57 bits per heavy atom. The molecule has 2 heterocycles. The molecule has 0 amide bonds. The summed E-state index contributed by atoms with van der Waals surface area (Å²) >= 11 is 7.47. The van der Waals surface area contributed by atoms with Gasteiger partial charge in [0.1, 0.15) is 5.82 Å². The number of rotatable bonds is 3. The summed E-state index contributed by atoms with van der Waals surface area (Å²) in [5.41, 5.74) is 2.19. The molecule has 1 aromatic heterocycles. The normalized spacial score (nSPS) is 17.2. The summed E-state index contributed by atoms with van der Waals surface area (Å²) in [7, 11) is 0. The molecule has 1 aromatic carbocycles. The van der Waals surface area contributed by atoms with Gasteiger partial charge in [-0.2, -0.15) is 11.3 Å². The Kier molecular flexibility index (Phi) is 6.02. The third kappa shape index (κ3) is 3.76. The molecule has 6 heteroatoms. The first-order chi connectivity index (χ1) is 9.75. The summed E-state index contributed by atoms with van der Waals surface area (Å²) in [6, 6.07) is 7.36. The van der Waals surface area contributed by atoms with Gasteiger partial charge in [0.15, 0.2) is 0 Å². The van der Waals surface area contributed by atoms with Crippen LogP contribution in [0.3, 0.4) is 0 Å². The summed E-state index contributed by atoms with van der Waals surface area (Å²) in [5.74, 6) is -0.348. The summed E-state index contributed by atoms with van der Waals surface area (Å²) in [4.78, 5) is 2.39. The fourth-order valence-electron chi connectivity index (χ4n) is 2.67. The first kappa shape index (κ1) is 16.7. The van der Waals surface area contributed by atoms with Crippen LogP contribution in [0, 0.1) is 5.82 Å². The molecular formula is C15H17Cl2FN2S. The fraction of sp³-hybridized carbons (Fsp3) is 0.333. The molecule has 21 heavy (non-hydrogen) atoms. The van der Waals surface area contributed by atoms with Gasteiger partial charge in [0.25, 0.3) is 0 Å². The van der Waals surface area contributed by atoms with Crippen LogP contribution in [-0.4, -0.2) is 31.1 Å². The van der Waals surface area contributed by atoms with Crippen LogP contribution < -0.4 is 5.32 Å². The van der Waals surface area contributed by atoms with Crippen molar-refractivity contribution in [3.63, 3.8) is 0 Å². The first-order valence-electron chi connectivity index (χ1n) is 6.67. The van der Waals surface area contributed by atoms with Gasteiger partial charge in [0.05, 0.1) is 11.1 Å². The van der Waals surface area contributed by atoms with E-state index in [0.717, 1.165) is 31.7 Å². The monoisotopic (exact) mass is 346 g/mol. The van der Waals surface area contributed by atoms with Gasteiger partial charge in [0, 0.05) is 26.2 Å². The fourth-order valence-corrected chi connectivity index (χ4v) is 3.46. The molecular weight excluding hydrogens is 330 g/mol. The van der Waals surface area contributed by atoms with Crippen LogP contribution in [0.2, 0.25) is 5.02 Å². The van der Waals surface area contributed by atoms with Gasteiger partial charge < -0.3 is 5.32 Å². The van der Waals surface area contributed by atoms with E-state index in [1.54, 1.807) is 23.5 Å². The molecule has 2 aromatic rings. The van der Waals surface area contributed by atoms with Crippen LogP contribution >= 0.6 is 35.3 Å². The molecule has 1 atom stereocenters. The quantitative estimate of drug-likeness (QED) is 0.904. The zero-order valence-corrected chi connectivity index (χ0v) is 13.8. The third-order valence-corrected chi connectivity index (χ3v) is 4.64. The molecule has 0 unspecified atom stereocenters. The number of hydrogen-bond donors (Lipinski definition) is 1. The van der Waals surface area contributed by atoms with Crippen LogP contribution in [0.25, 0.3) is 0 Å². The molecule has 3 rings (SSSR count). The number of benzene rings is 1. The van der Waals surface area contributed by atoms with E-state index >= 15 is 0 Å². The largest absolute Gasteiger partial charge is 0.314 e. The predicted octanol–water partition coefficient (Wildman–Crippen LogP) is 3.96. The third-order valence-electron chi connectivity index (χ3n) is 3.64. The second kappa shape index (κ2) is 7.56. The second-order valence-corrected chi connectivity index (χ2v) is 6.11. The Balaban J connectivity index is 0.00000161. The highest BCUT2D eigenvalue weighted by Gasteiger charge is 2.24. The van der Waals surface area contributed by atoms with Crippen molar-refractivity contribution in [2.45, 2.75) is 6.04 Å². The van der Waals surface area contributed by atoms with Crippen molar-refractivity contribution in [3.8, 4) is 0 Å². The molecule has 1 aliphatic heterocycles. The lowest BCUT2D eigenvalue weighted by atomic mass is 9.98. The molecule has 0 radical (unpaired) electrons. The highest BCUT2D eigenvalue weighted by atomic mass is 35.5. The van der Waals surface area contributed by atoms with Gasteiger partial charge in [0.2, 0.25) is 0 Å². The molecule has 1 N–H and O–H groups in total. The van der Waals surface area contributed by atoms with Gasteiger partial charge >= 0.3 is 0 Å². The Morgan fingerprint density at radius 1 is 1.19 bits per heavy atom. The van der Waals surface area contributed by atoms with Gasteiger partial charge in [-0.05, 0) is 40.1 Å². The maximum absolute atomic E-state index is 13.8. The van der Waals surface area contributed by atoms with Crippen molar-refractivity contribution < 1.29 is 4.39 Å². The van der Waals surface area contributed by atoms with Gasteiger partial charge in [-0.15, -0.1) is 12.4 Å². The number of nitrogens with zero attached hydrogens (tertiary/aromatic N) is 1. The van der Waals surface area contributed by atoms with Crippen molar-refractivity contribution in [3.05, 3.63) is 57.0 Å². The van der Waals surface area contributed by atoms with Crippen LogP contribution in [0.5, 0.6) is 0 Å². The minimum atomic E-state index is -0.348. The molecule has 0 saturated carbocycles. The summed E-state index contributed by atoms with van der Waals surface area (Å²) < 4.78 is 13.8. The smallest absolute Gasteiger partial charge is 0.142 e. The number of hydrogen-bond acceptors (Lipinski definition) is 3. The topological polar surface area (TPSA) is 15.3 Å². The lowest BCUT2D eigenvalue weighted by Gasteiger charge is -2.35. The van der Waals surface area contributed by atoms with E-state index in [9.17, 15) is 4.39 Å². The summed E-state index contributed by atoms with van der Waals surface area (Å²) in [6.45, 7) is 3.86. The maximum atomic E-state index is 13.8. The van der Waals surface area contributed by atoms with Crippen molar-refractivity contribution in [2.75, 3.05) is 26.2 Å². The second-order valence-electron chi connectivity index (χ2n) is 4.92. The van der Waals surface area contributed by atoms with E-state index in [2.05, 4.69) is 27.0 Å². The SMILES string of the molecule is Cl.Fc1cc([C@@H](c2ccsc2)N2CCNCC2)ccc1Cl. The molecule has 1 saturated heterocycles. The molecule has 0 aliphatic carbocycles. The molecule has 1 aliphatic rings. The van der Waals surface area contributed by atoms with Crippen molar-refractivity contribution >= 4 is 35.3 Å². The van der Waals surface area contributed by atoms with Gasteiger partial charge in [-0.3, -0.25) is 4.90 Å². The highest BCUT2D eigenvalue weighted by Crippen LogP contribution is 2.32. The molecule has 0 spiro atoms. The van der Waals surface area contributed by atoms with Gasteiger partial charge in [-0.1, -0.05) is 17.7 Å². The van der Waals surface area contributed by atoms with E-state index in [1.165, 1.54) is 5.56 Å². The standard InChI is InChI=1S/C15H16ClFN2S.ClH/c16-13-2-1-11(9-14(13)17)15(12-3-8-20-10-12)19-6-4-18-5-7-19;/h1-3,8-10,15,18H,4-7H2;1H/t15-;/m0./s1. The lowest BCUT2D eigenvalue weighted by molar-refractivity contribution is 0.198. The van der Waals surface area contributed by atoms with E-state index in [-0.39, 0.29) is 29.3 Å². The Labute approximate surface area is 139 Å². The molecule has 114 valence electrons. The number of halogens is 3. The summed E-state index contributed by atoms with van der Waals surface area (Å²) in [6.07, 6.45) is 0. The number of nitrogens with one attached hydrogen (secondary N) is 1. The maximum Gasteiger partial charge on any atom is 0.142 e. The average molecular weight is 347 g/mol. The van der Waals surface area contributed by atoms with E-state index in [4.69, 9.17) is 11.6 Å². The Morgan fingerprint density at radius 2 is 1.95 bits per heavy atom. The van der Waals surface area contributed by atoms with Crippen LogP contribution in [0.4, 0.5) is 4.39 Å². The zero-order chi connectivity index (χ0) is 13.9. The van der Waals surface area contributed by atoms with E-state index in [1.807, 2.05) is 6.07 Å². The number of piperazine rings is 1. The molecule has 0 bridgehead atoms. The van der Waals surface area contributed by atoms with Crippen molar-refractivity contribution in [2.24, 2.45) is 0 Å². The van der Waals surface area contributed by atoms with Crippen molar-refractivity contribution in [1.82, 2.24) is 10.2 Å². The summed E-state index contributed by atoms with van der Waals surface area (Å²) in [5, 5.41) is 7.74. The average Bonchev–Trinajstić information content (AvgIpc) is 2.98. The van der Waals surface area contributed by atoms with Crippen LogP contribution in [0.1, 0.15) is 17.2 Å². The molecule has 2 nitrogen and oxygen atoms in total. The van der Waals surface area contributed by atoms with Gasteiger partial charge in [-0.25, -0.2) is 4.39 Å². The van der Waals surface area contributed by atoms with E-state index in [0.29, 0.717) is 0 Å². The van der Waals surface area contributed by atoms with E-state index < -0.39 is 0 Å². The predicted molar refractivity (Wildman–Crippen MR) is 89.3 cm³/mol. The van der Waals surface area contributed by atoms with Crippen LogP contribution in [-0.2, 0) is 0 Å².